The van der Waals surface area contributed by atoms with Crippen LogP contribution in [0.4, 0.5) is 0 Å². The van der Waals surface area contributed by atoms with Gasteiger partial charge < -0.3 is 14.3 Å². The Morgan fingerprint density at radius 3 is 2.76 bits per heavy atom. The maximum Gasteiger partial charge on any atom is 0.325 e. The van der Waals surface area contributed by atoms with Crippen molar-refractivity contribution in [1.29, 1.82) is 0 Å². The Labute approximate surface area is 194 Å². The number of fused-ring (bicyclic) bond motifs is 1. The summed E-state index contributed by atoms with van der Waals surface area (Å²) in [6, 6.07) is 15.1. The van der Waals surface area contributed by atoms with Crippen molar-refractivity contribution < 1.29 is 19.1 Å². The molecule has 0 bridgehead atoms. The number of ether oxygens (including phenoxy) is 1. The minimum Gasteiger partial charge on any atom is -0.493 e. The van der Waals surface area contributed by atoms with E-state index in [1.54, 1.807) is 0 Å². The van der Waals surface area contributed by atoms with Crippen LogP contribution in [0.5, 0.6) is 5.75 Å². The first-order chi connectivity index (χ1) is 15.9. The zero-order chi connectivity index (χ0) is 23.4. The van der Waals surface area contributed by atoms with Crippen LogP contribution < -0.4 is 4.74 Å². The molecule has 0 aliphatic carbocycles. The number of hydrogen-bond acceptors (Lipinski definition) is 5. The fourth-order valence-electron chi connectivity index (χ4n) is 4.27. The lowest BCUT2D eigenvalue weighted by Gasteiger charge is -2.35. The van der Waals surface area contributed by atoms with Crippen molar-refractivity contribution in [3.63, 3.8) is 0 Å². The Kier molecular flexibility index (Phi) is 6.94. The summed E-state index contributed by atoms with van der Waals surface area (Å²) >= 11 is 0. The van der Waals surface area contributed by atoms with Crippen molar-refractivity contribution in [1.82, 2.24) is 9.88 Å². The number of carbonyl (C=O) groups is 1. The average molecular weight is 447 g/mol. The smallest absolute Gasteiger partial charge is 0.325 e. The molecule has 2 heterocycles. The number of rotatable bonds is 8. The number of oxazole rings is 1. The number of carboxylic acid groups (broad SMARTS) is 1. The van der Waals surface area contributed by atoms with E-state index in [0.717, 1.165) is 40.1 Å². The van der Waals surface area contributed by atoms with Gasteiger partial charge in [0.25, 0.3) is 0 Å². The second-order valence-corrected chi connectivity index (χ2v) is 8.68. The quantitative estimate of drug-likeness (QED) is 0.512. The van der Waals surface area contributed by atoms with E-state index < -0.39 is 12.0 Å². The second kappa shape index (κ2) is 10.0. The standard InChI is InChI=1S/C27H30N2O4/c1-18(2)15-25-28-24(19(3)33-25)12-14-32-22-10-9-21-11-13-29(17-20-7-5-4-6-8-20)26(27(30)31)23(21)16-22/h4-10,15-16,26H,11-14,17H2,1-3H3,(H,30,31). The number of aliphatic carboxylic acids is 1. The molecule has 0 saturated carbocycles. The number of nitrogens with zero attached hydrogens (tertiary/aromatic N) is 2. The summed E-state index contributed by atoms with van der Waals surface area (Å²) in [7, 11) is 0. The van der Waals surface area contributed by atoms with Gasteiger partial charge in [-0.25, -0.2) is 4.98 Å². The molecule has 4 rings (SSSR count). The highest BCUT2D eigenvalue weighted by Gasteiger charge is 2.33. The molecule has 0 fully saturated rings. The van der Waals surface area contributed by atoms with Crippen molar-refractivity contribution >= 4 is 12.0 Å². The van der Waals surface area contributed by atoms with E-state index in [1.807, 2.05) is 80.3 Å². The van der Waals surface area contributed by atoms with Gasteiger partial charge in [-0.05, 0) is 62.1 Å². The summed E-state index contributed by atoms with van der Waals surface area (Å²) in [6.07, 6.45) is 3.34. The minimum atomic E-state index is -0.839. The number of allylic oxidation sites excluding steroid dienone is 1. The molecule has 1 N–H and O–H groups in total. The summed E-state index contributed by atoms with van der Waals surface area (Å²) in [5, 5.41) is 10.0. The van der Waals surface area contributed by atoms with Crippen LogP contribution in [-0.4, -0.2) is 34.1 Å². The Morgan fingerprint density at radius 2 is 2.03 bits per heavy atom. The van der Waals surface area contributed by atoms with E-state index in [-0.39, 0.29) is 0 Å². The fourth-order valence-corrected chi connectivity index (χ4v) is 4.27. The first-order valence-electron chi connectivity index (χ1n) is 11.3. The maximum absolute atomic E-state index is 12.2. The van der Waals surface area contributed by atoms with Crippen molar-refractivity contribution in [2.75, 3.05) is 13.2 Å². The van der Waals surface area contributed by atoms with Gasteiger partial charge in [0.2, 0.25) is 5.89 Å². The number of benzene rings is 2. The fraction of sp³-hybridized carbons (Fsp3) is 0.333. The van der Waals surface area contributed by atoms with Crippen molar-refractivity contribution in [2.24, 2.45) is 0 Å². The molecule has 172 valence electrons. The van der Waals surface area contributed by atoms with Gasteiger partial charge in [0.1, 0.15) is 17.6 Å². The highest BCUT2D eigenvalue weighted by Crippen LogP contribution is 2.34. The SMILES string of the molecule is CC(C)=Cc1nc(CCOc2ccc3c(c2)C(C(=O)O)N(Cc2ccccc2)CC3)c(C)o1. The van der Waals surface area contributed by atoms with Gasteiger partial charge in [-0.3, -0.25) is 9.69 Å². The monoisotopic (exact) mass is 446 g/mol. The predicted molar refractivity (Wildman–Crippen MR) is 127 cm³/mol. The van der Waals surface area contributed by atoms with Crippen molar-refractivity contribution in [3.8, 4) is 5.75 Å². The van der Waals surface area contributed by atoms with Crippen LogP contribution in [0.25, 0.3) is 6.08 Å². The summed E-state index contributed by atoms with van der Waals surface area (Å²) in [5.41, 5.74) is 4.98. The Balaban J connectivity index is 1.46. The third-order valence-corrected chi connectivity index (χ3v) is 5.84. The third kappa shape index (κ3) is 5.52. The van der Waals surface area contributed by atoms with Gasteiger partial charge in [0, 0.05) is 19.5 Å². The van der Waals surface area contributed by atoms with E-state index in [0.29, 0.717) is 37.8 Å². The minimum absolute atomic E-state index is 0.436. The van der Waals surface area contributed by atoms with Gasteiger partial charge in [-0.1, -0.05) is 42.0 Å². The van der Waals surface area contributed by atoms with Crippen LogP contribution >= 0.6 is 0 Å². The Morgan fingerprint density at radius 1 is 1.24 bits per heavy atom. The van der Waals surface area contributed by atoms with E-state index in [1.165, 1.54) is 0 Å². The van der Waals surface area contributed by atoms with E-state index in [2.05, 4.69) is 4.98 Å². The predicted octanol–water partition coefficient (Wildman–Crippen LogP) is 5.21. The second-order valence-electron chi connectivity index (χ2n) is 8.68. The lowest BCUT2D eigenvalue weighted by Crippen LogP contribution is -2.39. The first kappa shape index (κ1) is 22.8. The molecule has 1 aliphatic heterocycles. The topological polar surface area (TPSA) is 75.8 Å². The number of aromatic nitrogens is 1. The van der Waals surface area contributed by atoms with Crippen LogP contribution in [0.1, 0.15) is 53.9 Å². The molecule has 6 nitrogen and oxygen atoms in total. The highest BCUT2D eigenvalue weighted by atomic mass is 16.5. The first-order valence-corrected chi connectivity index (χ1v) is 11.3. The van der Waals surface area contributed by atoms with Gasteiger partial charge in [0.15, 0.2) is 0 Å². The summed E-state index contributed by atoms with van der Waals surface area (Å²) < 4.78 is 11.7. The number of hydrogen-bond donors (Lipinski definition) is 1. The molecule has 2 aromatic carbocycles. The molecular weight excluding hydrogens is 416 g/mol. The molecule has 0 spiro atoms. The molecule has 33 heavy (non-hydrogen) atoms. The molecular formula is C27H30N2O4. The summed E-state index contributed by atoms with van der Waals surface area (Å²) in [4.78, 5) is 18.8. The lowest BCUT2D eigenvalue weighted by atomic mass is 9.92. The summed E-state index contributed by atoms with van der Waals surface area (Å²) in [6.45, 7) is 7.65. The molecule has 3 aromatic rings. The van der Waals surface area contributed by atoms with Crippen molar-refractivity contribution in [3.05, 3.63) is 88.1 Å². The average Bonchev–Trinajstić information content (AvgIpc) is 3.12. The molecule has 0 saturated heterocycles. The van der Waals surface area contributed by atoms with Crippen LogP contribution in [-0.2, 0) is 24.2 Å². The largest absolute Gasteiger partial charge is 0.493 e. The molecule has 1 atom stereocenters. The van der Waals surface area contributed by atoms with Crippen molar-refractivity contribution in [2.45, 2.75) is 46.2 Å². The van der Waals surface area contributed by atoms with E-state index in [4.69, 9.17) is 9.15 Å². The van der Waals surface area contributed by atoms with Gasteiger partial charge >= 0.3 is 5.97 Å². The number of aryl methyl sites for hydroxylation is 1. The van der Waals surface area contributed by atoms with E-state index in [9.17, 15) is 9.90 Å². The highest BCUT2D eigenvalue weighted by molar-refractivity contribution is 5.77. The van der Waals surface area contributed by atoms with Gasteiger partial charge in [-0.2, -0.15) is 0 Å². The molecule has 0 amide bonds. The molecule has 0 radical (unpaired) electrons. The zero-order valence-corrected chi connectivity index (χ0v) is 19.4. The van der Waals surface area contributed by atoms with Crippen LogP contribution in [0.3, 0.4) is 0 Å². The number of carboxylic acids is 1. The molecule has 6 heteroatoms. The molecule has 1 unspecified atom stereocenters. The Bertz CT molecular complexity index is 1150. The molecule has 1 aromatic heterocycles. The Hall–Kier alpha value is -3.38. The van der Waals surface area contributed by atoms with Crippen LogP contribution in [0, 0.1) is 6.92 Å². The van der Waals surface area contributed by atoms with Gasteiger partial charge in [-0.15, -0.1) is 0 Å². The summed E-state index contributed by atoms with van der Waals surface area (Å²) in [5.74, 6) is 1.24. The molecule has 1 aliphatic rings. The van der Waals surface area contributed by atoms with Gasteiger partial charge in [0.05, 0.1) is 12.3 Å². The van der Waals surface area contributed by atoms with E-state index >= 15 is 0 Å². The van der Waals surface area contributed by atoms with Crippen LogP contribution in [0.15, 0.2) is 58.5 Å². The normalized spacial score (nSPS) is 15.7. The van der Waals surface area contributed by atoms with Crippen LogP contribution in [0.2, 0.25) is 0 Å². The third-order valence-electron chi connectivity index (χ3n) is 5.84. The maximum atomic E-state index is 12.2. The zero-order valence-electron chi connectivity index (χ0n) is 19.4. The lowest BCUT2D eigenvalue weighted by molar-refractivity contribution is -0.144.